The summed E-state index contributed by atoms with van der Waals surface area (Å²) in [5.41, 5.74) is 2.77. The van der Waals surface area contributed by atoms with Crippen molar-refractivity contribution < 1.29 is 14.3 Å². The Hall–Kier alpha value is -2.98. The minimum atomic E-state index is -0.245. The highest BCUT2D eigenvalue weighted by Crippen LogP contribution is 2.33. The van der Waals surface area contributed by atoms with Crippen LogP contribution in [0.2, 0.25) is 5.02 Å². The van der Waals surface area contributed by atoms with Crippen molar-refractivity contribution >= 4 is 23.2 Å². The molecule has 0 saturated heterocycles. The Bertz CT molecular complexity index is 940. The average Bonchev–Trinajstić information content (AvgIpc) is 2.69. The van der Waals surface area contributed by atoms with Crippen LogP contribution in [0.15, 0.2) is 66.7 Å². The van der Waals surface area contributed by atoms with Crippen LogP contribution >= 0.6 is 11.6 Å². The van der Waals surface area contributed by atoms with Crippen LogP contribution in [-0.4, -0.2) is 20.1 Å². The summed E-state index contributed by atoms with van der Waals surface area (Å²) in [6.45, 7) is 0. The Balaban J connectivity index is 1.96. The van der Waals surface area contributed by atoms with Gasteiger partial charge in [-0.15, -0.1) is 0 Å². The van der Waals surface area contributed by atoms with Crippen LogP contribution in [0.5, 0.6) is 11.5 Å². The number of halogens is 1. The third kappa shape index (κ3) is 3.81. The van der Waals surface area contributed by atoms with E-state index in [1.807, 2.05) is 36.4 Å². The number of carbonyl (C=O) groups excluding carboxylic acids is 1. The first-order chi connectivity index (χ1) is 12.6. The fourth-order valence-corrected chi connectivity index (χ4v) is 2.81. The largest absolute Gasteiger partial charge is 0.497 e. The first kappa shape index (κ1) is 17.8. The highest BCUT2D eigenvalue weighted by molar-refractivity contribution is 6.33. The molecule has 0 spiro atoms. The molecule has 0 aliphatic rings. The van der Waals surface area contributed by atoms with Crippen molar-refractivity contribution in [3.8, 4) is 22.6 Å². The zero-order chi connectivity index (χ0) is 18.5. The molecule has 3 rings (SSSR count). The number of rotatable bonds is 5. The molecule has 0 atom stereocenters. The van der Waals surface area contributed by atoms with E-state index in [9.17, 15) is 4.79 Å². The SMILES string of the molecule is COc1cccc(-c2cc(C(=O)Nc3ccccc3Cl)ccc2OC)c1. The Morgan fingerprint density at radius 2 is 1.73 bits per heavy atom. The third-order valence-corrected chi connectivity index (χ3v) is 4.29. The maximum absolute atomic E-state index is 12.6. The Morgan fingerprint density at radius 1 is 0.923 bits per heavy atom. The average molecular weight is 368 g/mol. The van der Waals surface area contributed by atoms with Crippen molar-refractivity contribution in [3.05, 3.63) is 77.3 Å². The molecule has 0 unspecified atom stereocenters. The van der Waals surface area contributed by atoms with Gasteiger partial charge in [0.1, 0.15) is 11.5 Å². The van der Waals surface area contributed by atoms with E-state index in [0.717, 1.165) is 16.9 Å². The van der Waals surface area contributed by atoms with Gasteiger partial charge in [-0.25, -0.2) is 0 Å². The van der Waals surface area contributed by atoms with Gasteiger partial charge < -0.3 is 14.8 Å². The van der Waals surface area contributed by atoms with Gasteiger partial charge in [0, 0.05) is 11.1 Å². The zero-order valence-electron chi connectivity index (χ0n) is 14.5. The molecule has 1 amide bonds. The van der Waals surface area contributed by atoms with Gasteiger partial charge in [0.2, 0.25) is 0 Å². The van der Waals surface area contributed by atoms with E-state index in [1.54, 1.807) is 44.6 Å². The lowest BCUT2D eigenvalue weighted by Gasteiger charge is -2.13. The predicted molar refractivity (Wildman–Crippen MR) is 104 cm³/mol. The lowest BCUT2D eigenvalue weighted by atomic mass is 10.0. The topological polar surface area (TPSA) is 47.6 Å². The summed E-state index contributed by atoms with van der Waals surface area (Å²) in [5.74, 6) is 1.16. The summed E-state index contributed by atoms with van der Waals surface area (Å²) in [5, 5.41) is 3.32. The molecule has 0 bridgehead atoms. The minimum absolute atomic E-state index is 0.245. The summed E-state index contributed by atoms with van der Waals surface area (Å²) >= 11 is 6.12. The highest BCUT2D eigenvalue weighted by Gasteiger charge is 2.13. The number of methoxy groups -OCH3 is 2. The summed E-state index contributed by atoms with van der Waals surface area (Å²) in [6, 6.07) is 20.0. The molecule has 0 radical (unpaired) electrons. The maximum atomic E-state index is 12.6. The standard InChI is InChI=1S/C21H18ClNO3/c1-25-16-7-5-6-14(12-16)17-13-15(10-11-20(17)26-2)21(24)23-19-9-4-3-8-18(19)22/h3-13H,1-2H3,(H,23,24). The first-order valence-electron chi connectivity index (χ1n) is 8.00. The quantitative estimate of drug-likeness (QED) is 0.667. The lowest BCUT2D eigenvalue weighted by molar-refractivity contribution is 0.102. The van der Waals surface area contributed by atoms with Crippen molar-refractivity contribution in [2.24, 2.45) is 0 Å². The Kier molecular flexibility index (Phi) is 5.44. The molecule has 4 nitrogen and oxygen atoms in total. The molecule has 0 aromatic heterocycles. The van der Waals surface area contributed by atoms with Crippen molar-refractivity contribution in [3.63, 3.8) is 0 Å². The maximum Gasteiger partial charge on any atom is 0.255 e. The second kappa shape index (κ2) is 7.93. The first-order valence-corrected chi connectivity index (χ1v) is 8.38. The number of carbonyl (C=O) groups is 1. The van der Waals surface area contributed by atoms with Gasteiger partial charge in [0.25, 0.3) is 5.91 Å². The summed E-state index contributed by atoms with van der Waals surface area (Å²) in [6.07, 6.45) is 0. The second-order valence-electron chi connectivity index (χ2n) is 5.58. The number of para-hydroxylation sites is 1. The van der Waals surface area contributed by atoms with E-state index in [0.29, 0.717) is 22.0 Å². The summed E-state index contributed by atoms with van der Waals surface area (Å²) in [7, 11) is 3.21. The number of nitrogens with one attached hydrogen (secondary N) is 1. The van der Waals surface area contributed by atoms with Gasteiger partial charge >= 0.3 is 0 Å². The van der Waals surface area contributed by atoms with Crippen LogP contribution in [0.3, 0.4) is 0 Å². The lowest BCUT2D eigenvalue weighted by Crippen LogP contribution is -2.12. The monoisotopic (exact) mass is 367 g/mol. The van der Waals surface area contributed by atoms with Crippen molar-refractivity contribution in [1.29, 1.82) is 0 Å². The number of benzene rings is 3. The molecule has 1 N–H and O–H groups in total. The van der Waals surface area contributed by atoms with Crippen molar-refractivity contribution in [1.82, 2.24) is 0 Å². The van der Waals surface area contributed by atoms with Crippen LogP contribution in [0.1, 0.15) is 10.4 Å². The fraction of sp³-hybridized carbons (Fsp3) is 0.0952. The number of ether oxygens (including phenoxy) is 2. The second-order valence-corrected chi connectivity index (χ2v) is 5.99. The molecule has 0 saturated carbocycles. The smallest absolute Gasteiger partial charge is 0.255 e. The van der Waals surface area contributed by atoms with Crippen LogP contribution in [-0.2, 0) is 0 Å². The van der Waals surface area contributed by atoms with Crippen molar-refractivity contribution in [2.75, 3.05) is 19.5 Å². The van der Waals surface area contributed by atoms with Gasteiger partial charge in [-0.2, -0.15) is 0 Å². The number of anilines is 1. The van der Waals surface area contributed by atoms with E-state index >= 15 is 0 Å². The van der Waals surface area contributed by atoms with E-state index in [1.165, 1.54) is 0 Å². The normalized spacial score (nSPS) is 10.3. The van der Waals surface area contributed by atoms with Crippen molar-refractivity contribution in [2.45, 2.75) is 0 Å². The number of amides is 1. The number of hydrogen-bond acceptors (Lipinski definition) is 3. The molecule has 0 heterocycles. The van der Waals surface area contributed by atoms with E-state index < -0.39 is 0 Å². The molecule has 3 aromatic rings. The summed E-state index contributed by atoms with van der Waals surface area (Å²) < 4.78 is 10.7. The van der Waals surface area contributed by atoms with Crippen LogP contribution in [0, 0.1) is 0 Å². The van der Waals surface area contributed by atoms with Gasteiger partial charge in [0.05, 0.1) is 24.9 Å². The van der Waals surface area contributed by atoms with Crippen LogP contribution in [0.4, 0.5) is 5.69 Å². The fourth-order valence-electron chi connectivity index (χ4n) is 2.62. The van der Waals surface area contributed by atoms with Gasteiger partial charge in [-0.1, -0.05) is 35.9 Å². The molecule has 0 fully saturated rings. The molecular formula is C21H18ClNO3. The zero-order valence-corrected chi connectivity index (χ0v) is 15.2. The molecule has 3 aromatic carbocycles. The molecule has 26 heavy (non-hydrogen) atoms. The van der Waals surface area contributed by atoms with Crippen LogP contribution < -0.4 is 14.8 Å². The Morgan fingerprint density at radius 3 is 2.46 bits per heavy atom. The molecular weight excluding hydrogens is 350 g/mol. The molecule has 0 aliphatic carbocycles. The van der Waals surface area contributed by atoms with E-state index in [4.69, 9.17) is 21.1 Å². The molecule has 5 heteroatoms. The van der Waals surface area contributed by atoms with E-state index in [2.05, 4.69) is 5.32 Å². The van der Waals surface area contributed by atoms with Gasteiger partial charge in [0.15, 0.2) is 0 Å². The highest BCUT2D eigenvalue weighted by atomic mass is 35.5. The van der Waals surface area contributed by atoms with Crippen LogP contribution in [0.25, 0.3) is 11.1 Å². The van der Waals surface area contributed by atoms with Gasteiger partial charge in [-0.05, 0) is 48.0 Å². The third-order valence-electron chi connectivity index (χ3n) is 3.96. The molecule has 0 aliphatic heterocycles. The predicted octanol–water partition coefficient (Wildman–Crippen LogP) is 5.28. The minimum Gasteiger partial charge on any atom is -0.497 e. The van der Waals surface area contributed by atoms with Gasteiger partial charge in [-0.3, -0.25) is 4.79 Å². The number of hydrogen-bond donors (Lipinski definition) is 1. The summed E-state index contributed by atoms with van der Waals surface area (Å²) in [4.78, 5) is 12.6. The Labute approximate surface area is 157 Å². The van der Waals surface area contributed by atoms with E-state index in [-0.39, 0.29) is 5.91 Å². The molecule has 132 valence electrons.